The van der Waals surface area contributed by atoms with Gasteiger partial charge in [0.25, 0.3) is 0 Å². The van der Waals surface area contributed by atoms with Crippen molar-refractivity contribution in [3.05, 3.63) is 65.5 Å². The number of hydrogen-bond donors (Lipinski definition) is 2. The molecule has 156 valence electrons. The molecule has 2 aromatic rings. The molecular weight excluding hydrogens is 369 g/mol. The molecule has 1 aliphatic rings. The summed E-state index contributed by atoms with van der Waals surface area (Å²) in [7, 11) is 3.45. The van der Waals surface area contributed by atoms with Gasteiger partial charge in [-0.1, -0.05) is 24.3 Å². The SMILES string of the molecule is CN=C(NCCc1cccc(F)c1)NCC1(c2ccc(OC)cc2)CCOCC1. The first-order valence-electron chi connectivity index (χ1n) is 10.1. The summed E-state index contributed by atoms with van der Waals surface area (Å²) in [6.45, 7) is 2.95. The van der Waals surface area contributed by atoms with E-state index in [9.17, 15) is 4.39 Å². The van der Waals surface area contributed by atoms with Crippen LogP contribution in [0.4, 0.5) is 4.39 Å². The molecule has 5 nitrogen and oxygen atoms in total. The van der Waals surface area contributed by atoms with E-state index in [1.54, 1.807) is 26.3 Å². The number of nitrogens with one attached hydrogen (secondary N) is 2. The third kappa shape index (κ3) is 5.70. The Labute approximate surface area is 172 Å². The monoisotopic (exact) mass is 399 g/mol. The Morgan fingerprint density at radius 1 is 1.14 bits per heavy atom. The standard InChI is InChI=1S/C23H30FN3O2/c1-25-22(26-13-10-18-4-3-5-20(24)16-18)27-17-23(11-14-29-15-12-23)19-6-8-21(28-2)9-7-19/h3-9,16H,10-15,17H2,1-2H3,(H2,25,26,27). The highest BCUT2D eigenvalue weighted by Gasteiger charge is 2.34. The predicted molar refractivity (Wildman–Crippen MR) is 114 cm³/mol. The molecule has 1 aliphatic heterocycles. The molecule has 0 saturated carbocycles. The van der Waals surface area contributed by atoms with E-state index in [0.29, 0.717) is 6.54 Å². The van der Waals surface area contributed by atoms with Gasteiger partial charge >= 0.3 is 0 Å². The fraction of sp³-hybridized carbons (Fsp3) is 0.435. The molecule has 2 aromatic carbocycles. The van der Waals surface area contributed by atoms with Crippen LogP contribution in [0, 0.1) is 5.82 Å². The van der Waals surface area contributed by atoms with Crippen LogP contribution in [0.1, 0.15) is 24.0 Å². The number of halogens is 1. The lowest BCUT2D eigenvalue weighted by atomic mass is 9.74. The molecular formula is C23H30FN3O2. The lowest BCUT2D eigenvalue weighted by Gasteiger charge is -2.38. The lowest BCUT2D eigenvalue weighted by molar-refractivity contribution is 0.0513. The first kappa shape index (κ1) is 21.1. The Hall–Kier alpha value is -2.60. The molecule has 3 rings (SSSR count). The molecule has 0 aromatic heterocycles. The Morgan fingerprint density at radius 3 is 2.55 bits per heavy atom. The molecule has 0 bridgehead atoms. The summed E-state index contributed by atoms with van der Waals surface area (Å²) in [4.78, 5) is 4.34. The second-order valence-electron chi connectivity index (χ2n) is 7.35. The van der Waals surface area contributed by atoms with Crippen molar-refractivity contribution in [2.24, 2.45) is 4.99 Å². The zero-order chi connectivity index (χ0) is 20.5. The van der Waals surface area contributed by atoms with Gasteiger partial charge in [0.1, 0.15) is 11.6 Å². The molecule has 2 N–H and O–H groups in total. The van der Waals surface area contributed by atoms with Crippen molar-refractivity contribution in [3.63, 3.8) is 0 Å². The highest BCUT2D eigenvalue weighted by Crippen LogP contribution is 2.35. The van der Waals surface area contributed by atoms with Crippen LogP contribution >= 0.6 is 0 Å². The minimum absolute atomic E-state index is 0.00923. The maximum atomic E-state index is 13.3. The van der Waals surface area contributed by atoms with Crippen LogP contribution in [0.25, 0.3) is 0 Å². The second kappa shape index (κ2) is 10.3. The van der Waals surface area contributed by atoms with E-state index in [4.69, 9.17) is 9.47 Å². The van der Waals surface area contributed by atoms with Crippen molar-refractivity contribution >= 4 is 5.96 Å². The molecule has 29 heavy (non-hydrogen) atoms. The van der Waals surface area contributed by atoms with Gasteiger partial charge in [0, 0.05) is 38.8 Å². The van der Waals surface area contributed by atoms with Crippen LogP contribution in [0.3, 0.4) is 0 Å². The van der Waals surface area contributed by atoms with Gasteiger partial charge in [0.15, 0.2) is 5.96 Å². The molecule has 1 heterocycles. The fourth-order valence-electron chi connectivity index (χ4n) is 3.77. The lowest BCUT2D eigenvalue weighted by Crippen LogP contribution is -2.48. The van der Waals surface area contributed by atoms with Crippen LogP contribution in [0.2, 0.25) is 0 Å². The van der Waals surface area contributed by atoms with Gasteiger partial charge in [-0.05, 0) is 54.7 Å². The summed E-state index contributed by atoms with van der Waals surface area (Å²) in [5.74, 6) is 1.41. The molecule has 0 atom stereocenters. The molecule has 0 spiro atoms. The van der Waals surface area contributed by atoms with E-state index in [1.165, 1.54) is 11.6 Å². The third-order valence-corrected chi connectivity index (χ3v) is 5.57. The predicted octanol–water partition coefficient (Wildman–Crippen LogP) is 3.29. The van der Waals surface area contributed by atoms with E-state index >= 15 is 0 Å². The Balaban J connectivity index is 1.60. The zero-order valence-corrected chi connectivity index (χ0v) is 17.2. The number of aliphatic imine (C=N–C) groups is 1. The second-order valence-corrected chi connectivity index (χ2v) is 7.35. The summed E-state index contributed by atoms with van der Waals surface area (Å²) in [5.41, 5.74) is 2.24. The summed E-state index contributed by atoms with van der Waals surface area (Å²) in [5, 5.41) is 6.81. The molecule has 6 heteroatoms. The average molecular weight is 400 g/mol. The fourth-order valence-corrected chi connectivity index (χ4v) is 3.77. The summed E-state index contributed by atoms with van der Waals surface area (Å²) in [6.07, 6.45) is 2.63. The van der Waals surface area contributed by atoms with Crippen molar-refractivity contribution in [2.45, 2.75) is 24.7 Å². The third-order valence-electron chi connectivity index (χ3n) is 5.57. The zero-order valence-electron chi connectivity index (χ0n) is 17.2. The number of ether oxygens (including phenoxy) is 2. The molecule has 1 fully saturated rings. The van der Waals surface area contributed by atoms with E-state index in [-0.39, 0.29) is 11.2 Å². The molecule has 0 aliphatic carbocycles. The Morgan fingerprint density at radius 2 is 1.90 bits per heavy atom. The van der Waals surface area contributed by atoms with E-state index < -0.39 is 0 Å². The average Bonchev–Trinajstić information content (AvgIpc) is 2.77. The molecule has 0 unspecified atom stereocenters. The minimum Gasteiger partial charge on any atom is -0.497 e. The summed E-state index contributed by atoms with van der Waals surface area (Å²) < 4.78 is 24.2. The first-order valence-corrected chi connectivity index (χ1v) is 10.1. The van der Waals surface area contributed by atoms with Crippen molar-refractivity contribution in [1.29, 1.82) is 0 Å². The van der Waals surface area contributed by atoms with E-state index in [2.05, 4.69) is 27.8 Å². The number of methoxy groups -OCH3 is 1. The van der Waals surface area contributed by atoms with Gasteiger partial charge < -0.3 is 20.1 Å². The van der Waals surface area contributed by atoms with Crippen LogP contribution < -0.4 is 15.4 Å². The number of nitrogens with zero attached hydrogens (tertiary/aromatic N) is 1. The molecule has 0 amide bonds. The van der Waals surface area contributed by atoms with Gasteiger partial charge in [-0.3, -0.25) is 4.99 Å². The number of benzene rings is 2. The van der Waals surface area contributed by atoms with Gasteiger partial charge in [-0.25, -0.2) is 4.39 Å². The van der Waals surface area contributed by atoms with Crippen molar-refractivity contribution < 1.29 is 13.9 Å². The van der Waals surface area contributed by atoms with Crippen LogP contribution in [0.15, 0.2) is 53.5 Å². The quantitative estimate of drug-likeness (QED) is 0.554. The topological polar surface area (TPSA) is 54.9 Å². The maximum Gasteiger partial charge on any atom is 0.191 e. The minimum atomic E-state index is -0.203. The normalized spacial score (nSPS) is 16.3. The summed E-state index contributed by atoms with van der Waals surface area (Å²) >= 11 is 0. The highest BCUT2D eigenvalue weighted by molar-refractivity contribution is 5.79. The van der Waals surface area contributed by atoms with Gasteiger partial charge in [-0.15, -0.1) is 0 Å². The first-order chi connectivity index (χ1) is 14.1. The van der Waals surface area contributed by atoms with Crippen LogP contribution in [-0.4, -0.2) is 46.4 Å². The number of guanidine groups is 1. The van der Waals surface area contributed by atoms with Crippen molar-refractivity contribution in [2.75, 3.05) is 40.5 Å². The largest absolute Gasteiger partial charge is 0.497 e. The van der Waals surface area contributed by atoms with E-state index in [0.717, 1.165) is 56.3 Å². The van der Waals surface area contributed by atoms with E-state index in [1.807, 2.05) is 18.2 Å². The highest BCUT2D eigenvalue weighted by atomic mass is 19.1. The Kier molecular flexibility index (Phi) is 7.47. The molecule has 0 radical (unpaired) electrons. The van der Waals surface area contributed by atoms with Gasteiger partial charge in [0.05, 0.1) is 7.11 Å². The maximum absolute atomic E-state index is 13.3. The van der Waals surface area contributed by atoms with Gasteiger partial charge in [-0.2, -0.15) is 0 Å². The molecule has 1 saturated heterocycles. The van der Waals surface area contributed by atoms with Crippen LogP contribution in [0.5, 0.6) is 5.75 Å². The van der Waals surface area contributed by atoms with Crippen LogP contribution in [-0.2, 0) is 16.6 Å². The van der Waals surface area contributed by atoms with Gasteiger partial charge in [0.2, 0.25) is 0 Å². The smallest absolute Gasteiger partial charge is 0.191 e. The van der Waals surface area contributed by atoms with Crippen molar-refractivity contribution in [3.8, 4) is 5.75 Å². The van der Waals surface area contributed by atoms with Crippen molar-refractivity contribution in [1.82, 2.24) is 10.6 Å². The Bertz CT molecular complexity index is 802. The number of hydrogen-bond acceptors (Lipinski definition) is 3. The number of rotatable bonds is 7. The summed E-state index contributed by atoms with van der Waals surface area (Å²) in [6, 6.07) is 15.0.